The molecule has 1 amide bonds. The highest BCUT2D eigenvalue weighted by Gasteiger charge is 2.18. The minimum Gasteiger partial charge on any atom is -0.463 e. The van der Waals surface area contributed by atoms with Crippen LogP contribution in [0.3, 0.4) is 0 Å². The van der Waals surface area contributed by atoms with Crippen LogP contribution in [0.15, 0.2) is 53.1 Å². The maximum atomic E-state index is 12.6. The molecule has 124 valence electrons. The van der Waals surface area contributed by atoms with E-state index in [1.165, 1.54) is 0 Å². The molecule has 2 heterocycles. The zero-order chi connectivity index (χ0) is 17.1. The summed E-state index contributed by atoms with van der Waals surface area (Å²) in [5.74, 6) is 0.801. The van der Waals surface area contributed by atoms with Crippen LogP contribution in [0.5, 0.6) is 0 Å². The van der Waals surface area contributed by atoms with Crippen molar-refractivity contribution in [3.05, 3.63) is 59.4 Å². The number of furan rings is 1. The normalized spacial score (nSPS) is 11.0. The third-order valence-corrected chi connectivity index (χ3v) is 3.71. The van der Waals surface area contributed by atoms with E-state index < -0.39 is 0 Å². The Bertz CT molecular complexity index is 821. The lowest BCUT2D eigenvalue weighted by atomic mass is 10.2. The highest BCUT2D eigenvalue weighted by atomic mass is 35.5. The van der Waals surface area contributed by atoms with Crippen molar-refractivity contribution in [2.24, 2.45) is 5.92 Å². The van der Waals surface area contributed by atoms with Crippen molar-refractivity contribution < 1.29 is 9.21 Å². The fourth-order valence-electron chi connectivity index (χ4n) is 2.25. The molecule has 6 heteroatoms. The lowest BCUT2D eigenvalue weighted by Gasteiger charge is -2.09. The van der Waals surface area contributed by atoms with Crippen molar-refractivity contribution in [3.63, 3.8) is 0 Å². The largest absolute Gasteiger partial charge is 0.463 e. The first-order chi connectivity index (χ1) is 11.5. The number of carbonyl (C=O) groups excluding carboxylic acids is 1. The fraction of sp³-hybridized carbons (Fsp3) is 0.222. The van der Waals surface area contributed by atoms with Gasteiger partial charge in [0.25, 0.3) is 5.91 Å². The summed E-state index contributed by atoms with van der Waals surface area (Å²) >= 11 is 5.95. The Kier molecular flexibility index (Phi) is 4.71. The monoisotopic (exact) mass is 343 g/mol. The highest BCUT2D eigenvalue weighted by Crippen LogP contribution is 2.23. The molecule has 0 saturated carbocycles. The van der Waals surface area contributed by atoms with Crippen LogP contribution < -0.4 is 5.32 Å². The highest BCUT2D eigenvalue weighted by molar-refractivity contribution is 6.30. The number of halogens is 1. The molecule has 5 nitrogen and oxygen atoms in total. The smallest absolute Gasteiger partial charge is 0.270 e. The molecule has 0 aliphatic carbocycles. The van der Waals surface area contributed by atoms with E-state index in [0.29, 0.717) is 34.6 Å². The molecule has 1 aromatic carbocycles. The van der Waals surface area contributed by atoms with Crippen molar-refractivity contribution in [1.82, 2.24) is 15.1 Å². The molecule has 2 aromatic heterocycles. The Morgan fingerprint density at radius 1 is 1.29 bits per heavy atom. The molecule has 1 N–H and O–H groups in total. The first kappa shape index (κ1) is 16.3. The first-order valence-corrected chi connectivity index (χ1v) is 8.10. The van der Waals surface area contributed by atoms with E-state index in [-0.39, 0.29) is 5.91 Å². The van der Waals surface area contributed by atoms with Crippen LogP contribution >= 0.6 is 11.6 Å². The van der Waals surface area contributed by atoms with Gasteiger partial charge >= 0.3 is 0 Å². The van der Waals surface area contributed by atoms with E-state index in [2.05, 4.69) is 10.4 Å². The van der Waals surface area contributed by atoms with Crippen LogP contribution in [0.1, 0.15) is 24.3 Å². The van der Waals surface area contributed by atoms with E-state index in [9.17, 15) is 4.79 Å². The van der Waals surface area contributed by atoms with Crippen molar-refractivity contribution >= 4 is 17.5 Å². The SMILES string of the molecule is CC(C)CNC(=O)c1cc(-c2ccco2)nn1-c1ccc(Cl)cc1. The first-order valence-electron chi connectivity index (χ1n) is 7.72. The van der Waals surface area contributed by atoms with Crippen LogP contribution in [-0.4, -0.2) is 22.2 Å². The molecule has 0 saturated heterocycles. The topological polar surface area (TPSA) is 60.1 Å². The van der Waals surface area contributed by atoms with Crippen molar-refractivity contribution in [3.8, 4) is 17.1 Å². The van der Waals surface area contributed by atoms with Gasteiger partial charge in [0.15, 0.2) is 5.76 Å². The molecule has 3 aromatic rings. The summed E-state index contributed by atoms with van der Waals surface area (Å²) in [6, 6.07) is 12.5. The van der Waals surface area contributed by atoms with Crippen molar-refractivity contribution in [2.45, 2.75) is 13.8 Å². The predicted octanol–water partition coefficient (Wildman–Crippen LogP) is 4.17. The Balaban J connectivity index is 2.01. The Labute approximate surface area is 145 Å². The molecule has 0 atom stereocenters. The standard InChI is InChI=1S/C18H18ClN3O2/c1-12(2)11-20-18(23)16-10-15(17-4-3-9-24-17)21-22(16)14-7-5-13(19)6-8-14/h3-10,12H,11H2,1-2H3,(H,20,23). The van der Waals surface area contributed by atoms with Crippen LogP contribution in [0.25, 0.3) is 17.1 Å². The van der Waals surface area contributed by atoms with Crippen molar-refractivity contribution in [1.29, 1.82) is 0 Å². The number of benzene rings is 1. The zero-order valence-electron chi connectivity index (χ0n) is 13.5. The van der Waals surface area contributed by atoms with Gasteiger partial charge in [-0.1, -0.05) is 25.4 Å². The number of carbonyl (C=O) groups is 1. The van der Waals surface area contributed by atoms with Crippen LogP contribution in [0, 0.1) is 5.92 Å². The molecule has 0 spiro atoms. The van der Waals surface area contributed by atoms with Gasteiger partial charge in [-0.3, -0.25) is 4.79 Å². The van der Waals surface area contributed by atoms with E-state index in [1.54, 1.807) is 35.2 Å². The van der Waals surface area contributed by atoms with E-state index >= 15 is 0 Å². The second-order valence-corrected chi connectivity index (χ2v) is 6.32. The molecule has 0 fully saturated rings. The summed E-state index contributed by atoms with van der Waals surface area (Å²) < 4.78 is 6.99. The third kappa shape index (κ3) is 3.51. The number of hydrogen-bond acceptors (Lipinski definition) is 3. The molecule has 0 unspecified atom stereocenters. The number of nitrogens with one attached hydrogen (secondary N) is 1. The molecule has 0 aliphatic rings. The summed E-state index contributed by atoms with van der Waals surface area (Å²) in [5.41, 5.74) is 1.81. The molecular weight excluding hydrogens is 326 g/mol. The lowest BCUT2D eigenvalue weighted by Crippen LogP contribution is -2.29. The van der Waals surface area contributed by atoms with Crippen molar-refractivity contribution in [2.75, 3.05) is 6.54 Å². The van der Waals surface area contributed by atoms with Gasteiger partial charge < -0.3 is 9.73 Å². The van der Waals surface area contributed by atoms with Crippen LogP contribution in [0.4, 0.5) is 0 Å². The summed E-state index contributed by atoms with van der Waals surface area (Å²) in [5, 5.41) is 8.07. The van der Waals surface area contributed by atoms with Gasteiger partial charge in [-0.15, -0.1) is 0 Å². The van der Waals surface area contributed by atoms with E-state index in [1.807, 2.05) is 32.0 Å². The number of aromatic nitrogens is 2. The summed E-state index contributed by atoms with van der Waals surface area (Å²) in [6.45, 7) is 4.69. The van der Waals surface area contributed by atoms with Gasteiger partial charge in [0.2, 0.25) is 0 Å². The quantitative estimate of drug-likeness (QED) is 0.756. The summed E-state index contributed by atoms with van der Waals surface area (Å²) in [7, 11) is 0. The number of nitrogens with zero attached hydrogens (tertiary/aromatic N) is 2. The average Bonchev–Trinajstić information content (AvgIpc) is 3.22. The van der Waals surface area contributed by atoms with Gasteiger partial charge in [0.05, 0.1) is 12.0 Å². The Morgan fingerprint density at radius 3 is 2.67 bits per heavy atom. The van der Waals surface area contributed by atoms with Crippen LogP contribution in [-0.2, 0) is 0 Å². The maximum Gasteiger partial charge on any atom is 0.270 e. The van der Waals surface area contributed by atoms with Crippen LogP contribution in [0.2, 0.25) is 5.02 Å². The van der Waals surface area contributed by atoms with Gasteiger partial charge in [-0.2, -0.15) is 5.10 Å². The third-order valence-electron chi connectivity index (χ3n) is 3.46. The second kappa shape index (κ2) is 6.93. The molecule has 0 radical (unpaired) electrons. The van der Waals surface area contributed by atoms with Gasteiger partial charge in [-0.25, -0.2) is 4.68 Å². The molecule has 0 aliphatic heterocycles. The number of hydrogen-bond donors (Lipinski definition) is 1. The molecular formula is C18H18ClN3O2. The van der Waals surface area contributed by atoms with E-state index in [4.69, 9.17) is 16.0 Å². The number of amides is 1. The Morgan fingerprint density at radius 2 is 2.04 bits per heavy atom. The summed E-state index contributed by atoms with van der Waals surface area (Å²) in [4.78, 5) is 12.6. The lowest BCUT2D eigenvalue weighted by molar-refractivity contribution is 0.0941. The second-order valence-electron chi connectivity index (χ2n) is 5.88. The fourth-order valence-corrected chi connectivity index (χ4v) is 2.38. The number of rotatable bonds is 5. The average molecular weight is 344 g/mol. The molecule has 0 bridgehead atoms. The minimum atomic E-state index is -0.177. The summed E-state index contributed by atoms with van der Waals surface area (Å²) in [6.07, 6.45) is 1.58. The Hall–Kier alpha value is -2.53. The van der Waals surface area contributed by atoms with Gasteiger partial charge in [0, 0.05) is 17.6 Å². The molecule has 24 heavy (non-hydrogen) atoms. The molecule has 3 rings (SSSR count). The zero-order valence-corrected chi connectivity index (χ0v) is 14.2. The minimum absolute atomic E-state index is 0.177. The van der Waals surface area contributed by atoms with Gasteiger partial charge in [0.1, 0.15) is 11.4 Å². The predicted molar refractivity (Wildman–Crippen MR) is 93.4 cm³/mol. The maximum absolute atomic E-state index is 12.6. The van der Waals surface area contributed by atoms with E-state index in [0.717, 1.165) is 5.69 Å². The van der Waals surface area contributed by atoms with Gasteiger partial charge in [-0.05, 0) is 42.3 Å².